The third-order valence-electron chi connectivity index (χ3n) is 3.82. The number of thiophene rings is 2. The Morgan fingerprint density at radius 2 is 2.07 bits per heavy atom. The monoisotopic (exact) mass is 398 g/mol. The number of carbonyl (C=O) groups is 1. The number of amides is 1. The summed E-state index contributed by atoms with van der Waals surface area (Å²) in [5, 5.41) is 15.1. The summed E-state index contributed by atoms with van der Waals surface area (Å²) in [5.74, 6) is -0.644. The lowest BCUT2D eigenvalue weighted by Crippen LogP contribution is -2.33. The maximum absolute atomic E-state index is 12.9. The van der Waals surface area contributed by atoms with E-state index in [2.05, 4.69) is 10.4 Å². The van der Waals surface area contributed by atoms with Gasteiger partial charge in [-0.1, -0.05) is 12.1 Å². The Hall–Kier alpha value is -3.37. The van der Waals surface area contributed by atoms with Crippen molar-refractivity contribution in [2.24, 2.45) is 0 Å². The second kappa shape index (κ2) is 6.74. The molecule has 0 unspecified atom stereocenters. The highest BCUT2D eigenvalue weighted by Gasteiger charge is 2.16. The predicted octanol–water partition coefficient (Wildman–Crippen LogP) is 3.48. The summed E-state index contributed by atoms with van der Waals surface area (Å²) < 4.78 is 0.993. The molecule has 0 aliphatic rings. The van der Waals surface area contributed by atoms with Gasteiger partial charge in [0.1, 0.15) is 11.2 Å². The molecule has 0 saturated heterocycles. The van der Waals surface area contributed by atoms with E-state index < -0.39 is 16.4 Å². The van der Waals surface area contributed by atoms with Crippen LogP contribution < -0.4 is 11.0 Å². The predicted molar refractivity (Wildman–Crippen MR) is 104 cm³/mol. The first-order valence-electron chi connectivity index (χ1n) is 7.63. The van der Waals surface area contributed by atoms with Crippen LogP contribution in [-0.2, 0) is 0 Å². The number of non-ortho nitro benzene ring substituents is 1. The van der Waals surface area contributed by atoms with Crippen LogP contribution in [0.2, 0.25) is 0 Å². The lowest BCUT2D eigenvalue weighted by Gasteiger charge is -2.08. The Labute approximate surface area is 159 Å². The first kappa shape index (κ1) is 17.1. The first-order chi connectivity index (χ1) is 13.0. The minimum atomic E-state index is -0.644. The highest BCUT2D eigenvalue weighted by atomic mass is 32.1. The van der Waals surface area contributed by atoms with E-state index in [9.17, 15) is 19.7 Å². The molecule has 1 N–H and O–H groups in total. The fraction of sp³-hybridized carbons (Fsp3) is 0. The van der Waals surface area contributed by atoms with E-state index in [1.807, 2.05) is 22.9 Å². The van der Waals surface area contributed by atoms with Gasteiger partial charge in [-0.25, -0.2) is 9.66 Å². The Bertz CT molecular complexity index is 1230. The van der Waals surface area contributed by atoms with Gasteiger partial charge in [-0.15, -0.1) is 22.7 Å². The molecule has 3 heterocycles. The molecule has 134 valence electrons. The quantitative estimate of drug-likeness (QED) is 0.418. The minimum absolute atomic E-state index is 0.0694. The molecule has 0 saturated carbocycles. The van der Waals surface area contributed by atoms with Gasteiger partial charge in [0.2, 0.25) is 0 Å². The molecule has 1 aromatic carbocycles. The van der Waals surface area contributed by atoms with E-state index in [1.54, 1.807) is 0 Å². The van der Waals surface area contributed by atoms with Crippen LogP contribution in [0.4, 0.5) is 5.69 Å². The van der Waals surface area contributed by atoms with Crippen molar-refractivity contribution in [3.63, 3.8) is 0 Å². The van der Waals surface area contributed by atoms with E-state index in [-0.39, 0.29) is 11.3 Å². The molecule has 0 aliphatic heterocycles. The van der Waals surface area contributed by atoms with Crippen LogP contribution in [-0.4, -0.2) is 20.5 Å². The third kappa shape index (κ3) is 3.11. The molecule has 0 radical (unpaired) electrons. The van der Waals surface area contributed by atoms with Crippen LogP contribution in [0.5, 0.6) is 0 Å². The lowest BCUT2D eigenvalue weighted by molar-refractivity contribution is -0.384. The van der Waals surface area contributed by atoms with Gasteiger partial charge in [-0.05, 0) is 17.5 Å². The summed E-state index contributed by atoms with van der Waals surface area (Å²) in [6, 6.07) is 9.07. The first-order valence-corrected chi connectivity index (χ1v) is 9.39. The molecule has 0 spiro atoms. The summed E-state index contributed by atoms with van der Waals surface area (Å²) in [6.07, 6.45) is 1.23. The largest absolute Gasteiger partial charge is 0.281 e. The standard InChI is InChI=1S/C17H10N4O4S2/c22-15(10-3-1-4-11(7-10)21(24)25)19-20-9-18-16-14(17(20)23)12(8-27-16)13-5-2-6-26-13/h1-9H,(H,19,22). The van der Waals surface area contributed by atoms with Crippen molar-refractivity contribution in [2.45, 2.75) is 0 Å². The smallest absolute Gasteiger partial charge is 0.267 e. The zero-order chi connectivity index (χ0) is 19.0. The van der Waals surface area contributed by atoms with E-state index in [0.29, 0.717) is 10.2 Å². The summed E-state index contributed by atoms with van der Waals surface area (Å²) >= 11 is 2.85. The third-order valence-corrected chi connectivity index (χ3v) is 5.61. The number of hydrogen-bond acceptors (Lipinski definition) is 7. The summed E-state index contributed by atoms with van der Waals surface area (Å²) in [6.45, 7) is 0. The zero-order valence-corrected chi connectivity index (χ0v) is 15.1. The van der Waals surface area contributed by atoms with Crippen molar-refractivity contribution >= 4 is 44.5 Å². The van der Waals surface area contributed by atoms with E-state index in [0.717, 1.165) is 21.2 Å². The molecule has 1 amide bonds. The van der Waals surface area contributed by atoms with Gasteiger partial charge in [0.15, 0.2) is 0 Å². The Balaban J connectivity index is 1.72. The molecule has 0 bridgehead atoms. The number of rotatable bonds is 4. The molecule has 0 aliphatic carbocycles. The summed E-state index contributed by atoms with van der Waals surface area (Å²) in [7, 11) is 0. The fourth-order valence-electron chi connectivity index (χ4n) is 2.56. The SMILES string of the molecule is O=C(Nn1cnc2scc(-c3cccs3)c2c1=O)c1cccc([N+](=O)[O-])c1. The number of carbonyl (C=O) groups excluding carboxylic acids is 1. The molecule has 3 aromatic heterocycles. The van der Waals surface area contributed by atoms with Gasteiger partial charge >= 0.3 is 0 Å². The van der Waals surface area contributed by atoms with E-state index in [4.69, 9.17) is 0 Å². The second-order valence-electron chi connectivity index (χ2n) is 5.47. The number of nitrogens with one attached hydrogen (secondary N) is 1. The summed E-state index contributed by atoms with van der Waals surface area (Å²) in [4.78, 5) is 41.3. The molecule has 0 atom stereocenters. The van der Waals surface area contributed by atoms with Crippen LogP contribution in [0, 0.1) is 10.1 Å². The van der Waals surface area contributed by atoms with Crippen molar-refractivity contribution < 1.29 is 9.72 Å². The van der Waals surface area contributed by atoms with Crippen LogP contribution in [0.25, 0.3) is 20.7 Å². The van der Waals surface area contributed by atoms with Crippen molar-refractivity contribution in [3.8, 4) is 10.4 Å². The molecule has 27 heavy (non-hydrogen) atoms. The maximum Gasteiger partial charge on any atom is 0.281 e. The average Bonchev–Trinajstić information content (AvgIpc) is 3.33. The normalized spacial score (nSPS) is 10.8. The number of nitro groups is 1. The molecule has 0 fully saturated rings. The number of hydrogen-bond donors (Lipinski definition) is 1. The zero-order valence-electron chi connectivity index (χ0n) is 13.5. The van der Waals surface area contributed by atoms with Crippen molar-refractivity contribution in [1.29, 1.82) is 0 Å². The van der Waals surface area contributed by atoms with Crippen molar-refractivity contribution in [1.82, 2.24) is 9.66 Å². The van der Waals surface area contributed by atoms with Gasteiger partial charge in [0, 0.05) is 33.5 Å². The van der Waals surface area contributed by atoms with Crippen LogP contribution in [0.1, 0.15) is 10.4 Å². The van der Waals surface area contributed by atoms with Crippen LogP contribution in [0.3, 0.4) is 0 Å². The number of fused-ring (bicyclic) bond motifs is 1. The maximum atomic E-state index is 12.9. The molecule has 4 aromatic rings. The highest BCUT2D eigenvalue weighted by molar-refractivity contribution is 7.18. The highest BCUT2D eigenvalue weighted by Crippen LogP contribution is 2.33. The van der Waals surface area contributed by atoms with Gasteiger partial charge < -0.3 is 0 Å². The number of nitrogens with zero attached hydrogens (tertiary/aromatic N) is 3. The van der Waals surface area contributed by atoms with E-state index in [1.165, 1.54) is 47.2 Å². The molecule has 8 nitrogen and oxygen atoms in total. The fourth-order valence-corrected chi connectivity index (χ4v) is 4.28. The van der Waals surface area contributed by atoms with Crippen molar-refractivity contribution in [3.05, 3.63) is 79.5 Å². The topological polar surface area (TPSA) is 107 Å². The molecule has 4 rings (SSSR count). The van der Waals surface area contributed by atoms with Gasteiger partial charge in [-0.2, -0.15) is 0 Å². The van der Waals surface area contributed by atoms with Gasteiger partial charge in [0.05, 0.1) is 10.3 Å². The van der Waals surface area contributed by atoms with Gasteiger partial charge in [-0.3, -0.25) is 25.1 Å². The Morgan fingerprint density at radius 1 is 1.22 bits per heavy atom. The average molecular weight is 398 g/mol. The van der Waals surface area contributed by atoms with Crippen LogP contribution in [0.15, 0.2) is 58.3 Å². The lowest BCUT2D eigenvalue weighted by atomic mass is 10.2. The summed E-state index contributed by atoms with van der Waals surface area (Å²) in [5.41, 5.74) is 2.65. The van der Waals surface area contributed by atoms with E-state index >= 15 is 0 Å². The van der Waals surface area contributed by atoms with Crippen molar-refractivity contribution in [2.75, 3.05) is 5.43 Å². The Kier molecular flexibility index (Phi) is 4.26. The second-order valence-corrected chi connectivity index (χ2v) is 7.28. The molecule has 10 heteroatoms. The van der Waals surface area contributed by atoms with Crippen LogP contribution >= 0.6 is 22.7 Å². The number of benzene rings is 1. The molecular formula is C17H10N4O4S2. The number of nitro benzene ring substituents is 1. The molecular weight excluding hydrogens is 388 g/mol. The van der Waals surface area contributed by atoms with Gasteiger partial charge in [0.25, 0.3) is 17.2 Å². The Morgan fingerprint density at radius 3 is 2.81 bits per heavy atom. The minimum Gasteiger partial charge on any atom is -0.267 e. The number of aromatic nitrogens is 2.